The van der Waals surface area contributed by atoms with Gasteiger partial charge in [-0.15, -0.1) is 10.2 Å². The van der Waals surface area contributed by atoms with E-state index in [1.165, 1.54) is 11.3 Å². The molecular formula is C16H19N5. The summed E-state index contributed by atoms with van der Waals surface area (Å²) in [7, 11) is 4.05. The van der Waals surface area contributed by atoms with Gasteiger partial charge in [0.25, 0.3) is 0 Å². The van der Waals surface area contributed by atoms with Crippen LogP contribution in [0.25, 0.3) is 0 Å². The molecule has 0 bridgehead atoms. The highest BCUT2D eigenvalue weighted by Gasteiger charge is 2.08. The van der Waals surface area contributed by atoms with Gasteiger partial charge < -0.3 is 9.80 Å². The van der Waals surface area contributed by atoms with E-state index in [2.05, 4.69) is 51.2 Å². The number of benzene rings is 1. The standard InChI is InChI=1S/C16H19N5/c1-4-21(16-10-7-14(11-17)18-19-16)12-13-5-8-15(9-6-13)20(2)3/h5-10H,4,12H2,1-3H3. The first-order valence-corrected chi connectivity index (χ1v) is 6.89. The number of aromatic nitrogens is 2. The van der Waals surface area contributed by atoms with Crippen LogP contribution in [0.4, 0.5) is 11.5 Å². The summed E-state index contributed by atoms with van der Waals surface area (Å²) in [6.07, 6.45) is 0. The van der Waals surface area contributed by atoms with Crippen molar-refractivity contribution in [1.29, 1.82) is 5.26 Å². The second-order valence-electron chi connectivity index (χ2n) is 4.96. The highest BCUT2D eigenvalue weighted by molar-refractivity contribution is 5.47. The first-order chi connectivity index (χ1) is 10.1. The molecule has 5 heteroatoms. The van der Waals surface area contributed by atoms with Crippen molar-refractivity contribution in [2.45, 2.75) is 13.5 Å². The van der Waals surface area contributed by atoms with Crippen molar-refractivity contribution >= 4 is 11.5 Å². The Bertz CT molecular complexity index is 611. The fourth-order valence-corrected chi connectivity index (χ4v) is 2.03. The van der Waals surface area contributed by atoms with E-state index in [1.54, 1.807) is 6.07 Å². The lowest BCUT2D eigenvalue weighted by molar-refractivity contribution is 0.794. The van der Waals surface area contributed by atoms with Crippen molar-refractivity contribution in [1.82, 2.24) is 10.2 Å². The molecule has 0 aliphatic rings. The average Bonchev–Trinajstić information content (AvgIpc) is 2.53. The molecule has 1 heterocycles. The van der Waals surface area contributed by atoms with Crippen LogP contribution in [-0.4, -0.2) is 30.8 Å². The molecule has 0 spiro atoms. The molecule has 0 radical (unpaired) electrons. The summed E-state index contributed by atoms with van der Waals surface area (Å²) in [5, 5.41) is 16.8. The van der Waals surface area contributed by atoms with Crippen LogP contribution in [0.2, 0.25) is 0 Å². The molecule has 108 valence electrons. The van der Waals surface area contributed by atoms with Gasteiger partial charge in [-0.25, -0.2) is 0 Å². The zero-order valence-corrected chi connectivity index (χ0v) is 12.6. The molecule has 0 aliphatic carbocycles. The molecular weight excluding hydrogens is 262 g/mol. The normalized spacial score (nSPS) is 10.0. The molecule has 21 heavy (non-hydrogen) atoms. The minimum Gasteiger partial charge on any atom is -0.378 e. The van der Waals surface area contributed by atoms with E-state index < -0.39 is 0 Å². The van der Waals surface area contributed by atoms with Crippen LogP contribution < -0.4 is 9.80 Å². The maximum atomic E-state index is 8.76. The van der Waals surface area contributed by atoms with E-state index in [1.807, 2.05) is 26.2 Å². The second kappa shape index (κ2) is 6.71. The summed E-state index contributed by atoms with van der Waals surface area (Å²) in [5.41, 5.74) is 2.73. The lowest BCUT2D eigenvalue weighted by Crippen LogP contribution is -2.23. The van der Waals surface area contributed by atoms with Crippen molar-refractivity contribution in [2.24, 2.45) is 0 Å². The smallest absolute Gasteiger partial charge is 0.163 e. The van der Waals surface area contributed by atoms with Crippen LogP contribution in [0.15, 0.2) is 36.4 Å². The Hall–Kier alpha value is -2.61. The first-order valence-electron chi connectivity index (χ1n) is 6.89. The molecule has 0 aliphatic heterocycles. The Morgan fingerprint density at radius 3 is 2.24 bits per heavy atom. The van der Waals surface area contributed by atoms with Crippen LogP contribution in [0.1, 0.15) is 18.2 Å². The van der Waals surface area contributed by atoms with Crippen molar-refractivity contribution in [3.63, 3.8) is 0 Å². The lowest BCUT2D eigenvalue weighted by atomic mass is 10.2. The molecule has 1 aromatic heterocycles. The van der Waals surface area contributed by atoms with Gasteiger partial charge in [0.15, 0.2) is 11.5 Å². The largest absolute Gasteiger partial charge is 0.378 e. The number of hydrogen-bond acceptors (Lipinski definition) is 5. The SMILES string of the molecule is CCN(Cc1ccc(N(C)C)cc1)c1ccc(C#N)nn1. The number of nitriles is 1. The highest BCUT2D eigenvalue weighted by Crippen LogP contribution is 2.17. The third-order valence-corrected chi connectivity index (χ3v) is 3.30. The Balaban J connectivity index is 2.12. The molecule has 0 fully saturated rings. The second-order valence-corrected chi connectivity index (χ2v) is 4.96. The van der Waals surface area contributed by atoms with E-state index in [0.717, 1.165) is 18.9 Å². The predicted molar refractivity (Wildman–Crippen MR) is 84.2 cm³/mol. The van der Waals surface area contributed by atoms with Crippen molar-refractivity contribution in [3.8, 4) is 6.07 Å². The molecule has 0 amide bonds. The molecule has 1 aromatic carbocycles. The van der Waals surface area contributed by atoms with Crippen LogP contribution in [0.5, 0.6) is 0 Å². The van der Waals surface area contributed by atoms with Gasteiger partial charge in [-0.3, -0.25) is 0 Å². The van der Waals surface area contributed by atoms with Crippen molar-refractivity contribution in [2.75, 3.05) is 30.4 Å². The van der Waals surface area contributed by atoms with Gasteiger partial charge in [-0.2, -0.15) is 5.26 Å². The fourth-order valence-electron chi connectivity index (χ4n) is 2.03. The van der Waals surface area contributed by atoms with Gasteiger partial charge in [0.1, 0.15) is 6.07 Å². The summed E-state index contributed by atoms with van der Waals surface area (Å²) < 4.78 is 0. The van der Waals surface area contributed by atoms with Gasteiger partial charge in [-0.1, -0.05) is 12.1 Å². The average molecular weight is 281 g/mol. The monoisotopic (exact) mass is 281 g/mol. The van der Waals surface area contributed by atoms with Gasteiger partial charge >= 0.3 is 0 Å². The molecule has 0 N–H and O–H groups in total. The molecule has 2 aromatic rings. The van der Waals surface area contributed by atoms with Crippen LogP contribution in [0.3, 0.4) is 0 Å². The van der Waals surface area contributed by atoms with E-state index in [9.17, 15) is 0 Å². The molecule has 0 unspecified atom stereocenters. The van der Waals surface area contributed by atoms with Gasteiger partial charge in [0, 0.05) is 32.9 Å². The van der Waals surface area contributed by atoms with Gasteiger partial charge in [-0.05, 0) is 36.8 Å². The summed E-state index contributed by atoms with van der Waals surface area (Å²) >= 11 is 0. The number of nitrogens with zero attached hydrogens (tertiary/aromatic N) is 5. The zero-order chi connectivity index (χ0) is 15.2. The number of rotatable bonds is 5. The minimum atomic E-state index is 0.338. The highest BCUT2D eigenvalue weighted by atomic mass is 15.3. The summed E-state index contributed by atoms with van der Waals surface area (Å²) in [4.78, 5) is 4.20. The topological polar surface area (TPSA) is 56.0 Å². The fraction of sp³-hybridized carbons (Fsp3) is 0.312. The first kappa shape index (κ1) is 14.8. The molecule has 5 nitrogen and oxygen atoms in total. The maximum absolute atomic E-state index is 8.76. The molecule has 2 rings (SSSR count). The lowest BCUT2D eigenvalue weighted by Gasteiger charge is -2.22. The number of hydrogen-bond donors (Lipinski definition) is 0. The third kappa shape index (κ3) is 3.69. The van der Waals surface area contributed by atoms with E-state index >= 15 is 0 Å². The van der Waals surface area contributed by atoms with E-state index in [0.29, 0.717) is 5.69 Å². The Morgan fingerprint density at radius 2 is 1.76 bits per heavy atom. The Kier molecular flexibility index (Phi) is 4.72. The van der Waals surface area contributed by atoms with Crippen LogP contribution in [0, 0.1) is 11.3 Å². The zero-order valence-electron chi connectivity index (χ0n) is 12.6. The molecule has 0 atom stereocenters. The van der Waals surface area contributed by atoms with E-state index in [-0.39, 0.29) is 0 Å². The van der Waals surface area contributed by atoms with E-state index in [4.69, 9.17) is 5.26 Å². The van der Waals surface area contributed by atoms with Crippen LogP contribution in [-0.2, 0) is 6.54 Å². The minimum absolute atomic E-state index is 0.338. The number of anilines is 2. The van der Waals surface area contributed by atoms with Crippen LogP contribution >= 0.6 is 0 Å². The summed E-state index contributed by atoms with van der Waals surface area (Å²) in [6, 6.07) is 14.0. The molecule has 0 saturated carbocycles. The Morgan fingerprint density at radius 1 is 1.05 bits per heavy atom. The summed E-state index contributed by atoms with van der Waals surface area (Å²) in [5.74, 6) is 0.785. The summed E-state index contributed by atoms with van der Waals surface area (Å²) in [6.45, 7) is 3.68. The van der Waals surface area contributed by atoms with Gasteiger partial charge in [0.05, 0.1) is 0 Å². The maximum Gasteiger partial charge on any atom is 0.163 e. The Labute approximate surface area is 125 Å². The molecule has 0 saturated heterocycles. The van der Waals surface area contributed by atoms with Crippen molar-refractivity contribution in [3.05, 3.63) is 47.7 Å². The van der Waals surface area contributed by atoms with Crippen molar-refractivity contribution < 1.29 is 0 Å². The quantitative estimate of drug-likeness (QED) is 0.842. The predicted octanol–water partition coefficient (Wildman–Crippen LogP) is 2.44. The van der Waals surface area contributed by atoms with Gasteiger partial charge in [0.2, 0.25) is 0 Å². The third-order valence-electron chi connectivity index (χ3n) is 3.30.